The fourth-order valence-corrected chi connectivity index (χ4v) is 1.73. The molecule has 1 saturated heterocycles. The molecule has 0 spiro atoms. The molecule has 0 amide bonds. The van der Waals surface area contributed by atoms with Gasteiger partial charge in [-0.2, -0.15) is 0 Å². The van der Waals surface area contributed by atoms with Crippen molar-refractivity contribution in [3.63, 3.8) is 0 Å². The number of nitrogens with zero attached hydrogens (tertiary/aromatic N) is 3. The molecule has 1 heterocycles. The number of rotatable bonds is 4. The number of halogens is 1. The van der Waals surface area contributed by atoms with Crippen molar-refractivity contribution in [3.05, 3.63) is 12.7 Å². The van der Waals surface area contributed by atoms with Crippen LogP contribution in [0.2, 0.25) is 0 Å². The first kappa shape index (κ1) is 16.7. The van der Waals surface area contributed by atoms with Gasteiger partial charge in [-0.3, -0.25) is 9.89 Å². The minimum absolute atomic E-state index is 0. The fourth-order valence-electron chi connectivity index (χ4n) is 1.73. The van der Waals surface area contributed by atoms with Gasteiger partial charge in [0, 0.05) is 32.2 Å². The van der Waals surface area contributed by atoms with Crippen LogP contribution in [0.25, 0.3) is 0 Å². The molecule has 0 aromatic heterocycles. The second-order valence-corrected chi connectivity index (χ2v) is 4.29. The van der Waals surface area contributed by atoms with Gasteiger partial charge in [0.2, 0.25) is 0 Å². The lowest BCUT2D eigenvalue weighted by atomic mass is 10.2. The van der Waals surface area contributed by atoms with Gasteiger partial charge in [-0.15, -0.1) is 30.6 Å². The van der Waals surface area contributed by atoms with Crippen LogP contribution in [0.15, 0.2) is 17.6 Å². The van der Waals surface area contributed by atoms with Gasteiger partial charge in [0.25, 0.3) is 0 Å². The van der Waals surface area contributed by atoms with Gasteiger partial charge in [0.1, 0.15) is 0 Å². The summed E-state index contributed by atoms with van der Waals surface area (Å²) in [5.74, 6) is 0.501. The van der Waals surface area contributed by atoms with Crippen molar-refractivity contribution >= 4 is 29.9 Å². The Morgan fingerprint density at radius 2 is 2.24 bits per heavy atom. The van der Waals surface area contributed by atoms with E-state index in [0.29, 0.717) is 18.5 Å². The summed E-state index contributed by atoms with van der Waals surface area (Å²) in [5, 5.41) is 2.98. The zero-order valence-electron chi connectivity index (χ0n) is 10.7. The second kappa shape index (κ2) is 8.71. The highest BCUT2D eigenvalue weighted by Gasteiger charge is 2.21. The molecule has 1 atom stereocenters. The van der Waals surface area contributed by atoms with Crippen LogP contribution in [0.5, 0.6) is 0 Å². The van der Waals surface area contributed by atoms with E-state index in [1.807, 2.05) is 0 Å². The Morgan fingerprint density at radius 1 is 1.53 bits per heavy atom. The molecule has 0 aliphatic carbocycles. The van der Waals surface area contributed by atoms with Crippen molar-refractivity contribution in [3.8, 4) is 0 Å². The predicted molar refractivity (Wildman–Crippen MR) is 84.0 cm³/mol. The summed E-state index contributed by atoms with van der Waals surface area (Å²) in [6, 6.07) is 0.461. The number of hydrogen-bond donors (Lipinski definition) is 2. The van der Waals surface area contributed by atoms with E-state index in [1.54, 1.807) is 6.08 Å². The van der Waals surface area contributed by atoms with Crippen molar-refractivity contribution in [1.82, 2.24) is 15.1 Å². The maximum atomic E-state index is 5.72. The first-order chi connectivity index (χ1) is 7.63. The van der Waals surface area contributed by atoms with E-state index >= 15 is 0 Å². The van der Waals surface area contributed by atoms with Gasteiger partial charge in [0.05, 0.1) is 6.54 Å². The van der Waals surface area contributed by atoms with Gasteiger partial charge >= 0.3 is 0 Å². The first-order valence-electron chi connectivity index (χ1n) is 5.67. The predicted octanol–water partition coefficient (Wildman–Crippen LogP) is -0.0595. The first-order valence-corrected chi connectivity index (χ1v) is 5.67. The quantitative estimate of drug-likeness (QED) is 0.322. The van der Waals surface area contributed by atoms with E-state index in [0.717, 1.165) is 26.2 Å². The molecule has 6 heteroatoms. The summed E-state index contributed by atoms with van der Waals surface area (Å²) in [5.41, 5.74) is 5.72. The van der Waals surface area contributed by atoms with E-state index in [1.165, 1.54) is 0 Å². The smallest absolute Gasteiger partial charge is 0.188 e. The Balaban J connectivity index is 0.00000256. The topological polar surface area (TPSA) is 56.9 Å². The molecule has 5 nitrogen and oxygen atoms in total. The van der Waals surface area contributed by atoms with Gasteiger partial charge in [0.15, 0.2) is 5.96 Å². The highest BCUT2D eigenvalue weighted by Crippen LogP contribution is 2.05. The third kappa shape index (κ3) is 6.23. The minimum atomic E-state index is 0. The average Bonchev–Trinajstić information content (AvgIpc) is 2.27. The van der Waals surface area contributed by atoms with Gasteiger partial charge < -0.3 is 16.0 Å². The summed E-state index contributed by atoms with van der Waals surface area (Å²) in [6.45, 7) is 8.30. The molecule has 1 aliphatic heterocycles. The maximum absolute atomic E-state index is 5.72. The van der Waals surface area contributed by atoms with Crippen LogP contribution in [0.1, 0.15) is 0 Å². The number of guanidine groups is 1. The summed E-state index contributed by atoms with van der Waals surface area (Å²) in [7, 11) is 4.28. The van der Waals surface area contributed by atoms with Crippen LogP contribution >= 0.6 is 24.0 Å². The van der Waals surface area contributed by atoms with Crippen molar-refractivity contribution in [1.29, 1.82) is 0 Å². The molecule has 1 unspecified atom stereocenters. The van der Waals surface area contributed by atoms with Crippen molar-refractivity contribution in [2.45, 2.75) is 6.04 Å². The molecule has 0 aromatic rings. The van der Waals surface area contributed by atoms with Crippen LogP contribution < -0.4 is 11.1 Å². The van der Waals surface area contributed by atoms with Gasteiger partial charge in [-0.05, 0) is 14.1 Å². The number of piperazine rings is 1. The summed E-state index contributed by atoms with van der Waals surface area (Å²) in [6.07, 6.45) is 1.77. The SMILES string of the molecule is C=CCNC(N)=NCC1CN(C)CCN1C.I. The van der Waals surface area contributed by atoms with Crippen LogP contribution in [-0.4, -0.2) is 68.6 Å². The van der Waals surface area contributed by atoms with Crippen molar-refractivity contribution < 1.29 is 0 Å². The largest absolute Gasteiger partial charge is 0.370 e. The lowest BCUT2D eigenvalue weighted by Gasteiger charge is -2.36. The van der Waals surface area contributed by atoms with E-state index in [9.17, 15) is 0 Å². The van der Waals surface area contributed by atoms with Crippen molar-refractivity contribution in [2.24, 2.45) is 10.7 Å². The monoisotopic (exact) mass is 353 g/mol. The zero-order chi connectivity index (χ0) is 12.0. The molecule has 0 radical (unpaired) electrons. The number of nitrogens with one attached hydrogen (secondary N) is 1. The lowest BCUT2D eigenvalue weighted by molar-refractivity contribution is 0.119. The Kier molecular flexibility index (Phi) is 8.53. The molecule has 17 heavy (non-hydrogen) atoms. The summed E-state index contributed by atoms with van der Waals surface area (Å²) in [4.78, 5) is 9.00. The molecule has 0 aromatic carbocycles. The Hall–Kier alpha value is -0.340. The summed E-state index contributed by atoms with van der Waals surface area (Å²) >= 11 is 0. The Morgan fingerprint density at radius 3 is 2.88 bits per heavy atom. The number of likely N-dealkylation sites (N-methyl/N-ethyl adjacent to an activating group) is 2. The lowest BCUT2D eigenvalue weighted by Crippen LogP contribution is -2.51. The molecule has 0 saturated carbocycles. The minimum Gasteiger partial charge on any atom is -0.370 e. The normalized spacial score (nSPS) is 22.9. The summed E-state index contributed by atoms with van der Waals surface area (Å²) < 4.78 is 0. The van der Waals surface area contributed by atoms with Crippen LogP contribution in [-0.2, 0) is 0 Å². The average molecular weight is 353 g/mol. The number of aliphatic imine (C=N–C) groups is 1. The number of hydrogen-bond acceptors (Lipinski definition) is 3. The van der Waals surface area contributed by atoms with E-state index in [4.69, 9.17) is 5.73 Å². The molecule has 1 fully saturated rings. The Bertz CT molecular complexity index is 256. The second-order valence-electron chi connectivity index (χ2n) is 4.29. The standard InChI is InChI=1S/C11H23N5.HI/c1-4-5-13-11(12)14-8-10-9-15(2)6-7-16(10)3;/h4,10H,1,5-9H2,2-3H3,(H3,12,13,14);1H. The third-order valence-electron chi connectivity index (χ3n) is 2.88. The molecular formula is C11H24IN5. The zero-order valence-corrected chi connectivity index (χ0v) is 13.1. The van der Waals surface area contributed by atoms with Crippen LogP contribution in [0.4, 0.5) is 0 Å². The highest BCUT2D eigenvalue weighted by atomic mass is 127. The van der Waals surface area contributed by atoms with Gasteiger partial charge in [-0.1, -0.05) is 6.08 Å². The molecule has 100 valence electrons. The Labute approximate surface area is 121 Å². The van der Waals surface area contributed by atoms with Crippen LogP contribution in [0, 0.1) is 0 Å². The molecule has 0 bridgehead atoms. The third-order valence-corrected chi connectivity index (χ3v) is 2.88. The molecular weight excluding hydrogens is 329 g/mol. The van der Waals surface area contributed by atoms with E-state index in [-0.39, 0.29) is 24.0 Å². The van der Waals surface area contributed by atoms with E-state index < -0.39 is 0 Å². The molecule has 1 aliphatic rings. The van der Waals surface area contributed by atoms with Gasteiger partial charge in [-0.25, -0.2) is 0 Å². The van der Waals surface area contributed by atoms with E-state index in [2.05, 4.69) is 40.8 Å². The van der Waals surface area contributed by atoms with Crippen molar-refractivity contribution in [2.75, 3.05) is 46.8 Å². The maximum Gasteiger partial charge on any atom is 0.188 e. The fraction of sp³-hybridized carbons (Fsp3) is 0.727. The number of nitrogens with two attached hydrogens (primary N) is 1. The van der Waals surface area contributed by atoms with Crippen LogP contribution in [0.3, 0.4) is 0 Å². The molecule has 1 rings (SSSR count). The molecule has 3 N–H and O–H groups in total. The highest BCUT2D eigenvalue weighted by molar-refractivity contribution is 14.0.